The van der Waals surface area contributed by atoms with Crippen molar-refractivity contribution in [3.8, 4) is 0 Å². The van der Waals surface area contributed by atoms with E-state index in [1.54, 1.807) is 6.07 Å². The summed E-state index contributed by atoms with van der Waals surface area (Å²) in [5.74, 6) is -0.0381. The van der Waals surface area contributed by atoms with Crippen LogP contribution >= 0.6 is 27.5 Å². The lowest BCUT2D eigenvalue weighted by molar-refractivity contribution is -0.120. The topological polar surface area (TPSA) is 29.1 Å². The molecule has 1 N–H and O–H groups in total. The molecule has 0 spiro atoms. The minimum Gasteiger partial charge on any atom is -0.352 e. The lowest BCUT2D eigenvalue weighted by atomic mass is 10.1. The summed E-state index contributed by atoms with van der Waals surface area (Å²) in [5, 5.41) is 3.51. The molecule has 0 aromatic heterocycles. The first-order chi connectivity index (χ1) is 9.16. The van der Waals surface area contributed by atoms with Crippen LogP contribution in [0.4, 0.5) is 0 Å². The Kier molecular flexibility index (Phi) is 5.00. The Hall–Kier alpha value is -1.32. The van der Waals surface area contributed by atoms with Gasteiger partial charge in [-0.2, -0.15) is 0 Å². The Balaban J connectivity index is 1.92. The van der Waals surface area contributed by atoms with Crippen LogP contribution in [0.5, 0.6) is 0 Å². The number of nitrogens with one attached hydrogen (secondary N) is 1. The van der Waals surface area contributed by atoms with Gasteiger partial charge in [-0.3, -0.25) is 4.79 Å². The van der Waals surface area contributed by atoms with E-state index in [-0.39, 0.29) is 5.91 Å². The van der Waals surface area contributed by atoms with Crippen LogP contribution in [0.3, 0.4) is 0 Å². The molecule has 0 aliphatic heterocycles. The first-order valence-corrected chi connectivity index (χ1v) is 7.07. The third-order valence-corrected chi connectivity index (χ3v) is 3.89. The lowest BCUT2D eigenvalue weighted by Crippen LogP contribution is -2.24. The monoisotopic (exact) mass is 337 g/mol. The quantitative estimate of drug-likeness (QED) is 0.898. The van der Waals surface area contributed by atoms with E-state index in [0.29, 0.717) is 18.0 Å². The second kappa shape index (κ2) is 6.73. The molecular weight excluding hydrogens is 326 g/mol. The molecule has 0 aliphatic carbocycles. The number of rotatable bonds is 4. The Morgan fingerprint density at radius 2 is 1.68 bits per heavy atom. The second-order valence-corrected chi connectivity index (χ2v) is 5.40. The van der Waals surface area contributed by atoms with Crippen molar-refractivity contribution in [2.24, 2.45) is 0 Å². The Morgan fingerprint density at radius 3 is 2.37 bits per heavy atom. The van der Waals surface area contributed by atoms with Crippen molar-refractivity contribution < 1.29 is 4.79 Å². The molecule has 1 amide bonds. The molecule has 2 rings (SSSR count). The van der Waals surface area contributed by atoms with Crippen LogP contribution in [-0.2, 0) is 17.8 Å². The Morgan fingerprint density at radius 1 is 1.05 bits per heavy atom. The number of carbonyl (C=O) groups is 1. The molecule has 4 heteroatoms. The van der Waals surface area contributed by atoms with Crippen molar-refractivity contribution in [1.29, 1.82) is 0 Å². The molecule has 0 saturated carbocycles. The highest BCUT2D eigenvalue weighted by Crippen LogP contribution is 2.17. The summed E-state index contributed by atoms with van der Waals surface area (Å²) >= 11 is 9.48. The molecule has 0 atom stereocenters. The minimum atomic E-state index is -0.0381. The lowest BCUT2D eigenvalue weighted by Gasteiger charge is -2.08. The van der Waals surface area contributed by atoms with Gasteiger partial charge in [-0.1, -0.05) is 63.9 Å². The zero-order chi connectivity index (χ0) is 13.7. The molecule has 0 aliphatic rings. The zero-order valence-electron chi connectivity index (χ0n) is 10.2. The van der Waals surface area contributed by atoms with Crippen molar-refractivity contribution in [1.82, 2.24) is 5.32 Å². The van der Waals surface area contributed by atoms with Gasteiger partial charge >= 0.3 is 0 Å². The maximum Gasteiger partial charge on any atom is 0.224 e. The van der Waals surface area contributed by atoms with Gasteiger partial charge in [0.1, 0.15) is 0 Å². The maximum absolute atomic E-state index is 11.9. The third-order valence-electron chi connectivity index (χ3n) is 2.74. The number of hydrogen-bond donors (Lipinski definition) is 1. The van der Waals surface area contributed by atoms with Crippen molar-refractivity contribution >= 4 is 33.4 Å². The fraction of sp³-hybridized carbons (Fsp3) is 0.133. The SMILES string of the molecule is O=C(Cc1ccccc1Cl)NCc1ccccc1Br. The van der Waals surface area contributed by atoms with Gasteiger partial charge in [0, 0.05) is 16.0 Å². The molecule has 98 valence electrons. The van der Waals surface area contributed by atoms with E-state index in [4.69, 9.17) is 11.6 Å². The molecule has 0 saturated heterocycles. The Bertz CT molecular complexity index is 586. The van der Waals surface area contributed by atoms with Gasteiger partial charge in [0.15, 0.2) is 0 Å². The summed E-state index contributed by atoms with van der Waals surface area (Å²) in [6.07, 6.45) is 0.296. The number of halogens is 2. The summed E-state index contributed by atoms with van der Waals surface area (Å²) in [5.41, 5.74) is 1.89. The average Bonchev–Trinajstić information content (AvgIpc) is 2.40. The molecular formula is C15H13BrClNO. The van der Waals surface area contributed by atoms with E-state index in [1.165, 1.54) is 0 Å². The van der Waals surface area contributed by atoms with Crippen molar-refractivity contribution in [2.45, 2.75) is 13.0 Å². The van der Waals surface area contributed by atoms with Crippen LogP contribution in [0.1, 0.15) is 11.1 Å². The largest absolute Gasteiger partial charge is 0.352 e. The average molecular weight is 339 g/mol. The smallest absolute Gasteiger partial charge is 0.224 e. The third kappa shape index (κ3) is 4.08. The second-order valence-electron chi connectivity index (χ2n) is 4.14. The molecule has 0 bridgehead atoms. The van der Waals surface area contributed by atoms with E-state index >= 15 is 0 Å². The number of amides is 1. The van der Waals surface area contributed by atoms with Crippen LogP contribution in [0.15, 0.2) is 53.0 Å². The predicted octanol–water partition coefficient (Wildman–Crippen LogP) is 3.96. The van der Waals surface area contributed by atoms with E-state index < -0.39 is 0 Å². The maximum atomic E-state index is 11.9. The van der Waals surface area contributed by atoms with E-state index in [2.05, 4.69) is 21.2 Å². The first kappa shape index (κ1) is 14.1. The standard InChI is InChI=1S/C15H13BrClNO/c16-13-7-3-1-6-12(13)10-18-15(19)9-11-5-2-4-8-14(11)17/h1-8H,9-10H2,(H,18,19). The molecule has 0 radical (unpaired) electrons. The van der Waals surface area contributed by atoms with Crippen LogP contribution in [0.25, 0.3) is 0 Å². The van der Waals surface area contributed by atoms with Crippen LogP contribution in [-0.4, -0.2) is 5.91 Å². The minimum absolute atomic E-state index is 0.0381. The van der Waals surface area contributed by atoms with E-state index in [1.807, 2.05) is 42.5 Å². The summed E-state index contributed by atoms with van der Waals surface area (Å²) < 4.78 is 0.994. The molecule has 2 nitrogen and oxygen atoms in total. The van der Waals surface area contributed by atoms with E-state index in [0.717, 1.165) is 15.6 Å². The van der Waals surface area contributed by atoms with Gasteiger partial charge in [-0.25, -0.2) is 0 Å². The van der Waals surface area contributed by atoms with Gasteiger partial charge in [0.25, 0.3) is 0 Å². The van der Waals surface area contributed by atoms with Crippen LogP contribution < -0.4 is 5.32 Å². The summed E-state index contributed by atoms with van der Waals surface area (Å²) in [4.78, 5) is 11.9. The highest BCUT2D eigenvalue weighted by molar-refractivity contribution is 9.10. The van der Waals surface area contributed by atoms with Crippen LogP contribution in [0, 0.1) is 0 Å². The fourth-order valence-corrected chi connectivity index (χ4v) is 2.34. The molecule has 0 heterocycles. The van der Waals surface area contributed by atoms with Crippen LogP contribution in [0.2, 0.25) is 5.02 Å². The van der Waals surface area contributed by atoms with Gasteiger partial charge in [0.2, 0.25) is 5.91 Å². The number of benzene rings is 2. The van der Waals surface area contributed by atoms with Gasteiger partial charge in [0.05, 0.1) is 6.42 Å². The van der Waals surface area contributed by atoms with Crippen molar-refractivity contribution in [3.05, 3.63) is 69.2 Å². The Labute approximate surface area is 125 Å². The van der Waals surface area contributed by atoms with E-state index in [9.17, 15) is 4.79 Å². The molecule has 0 fully saturated rings. The highest BCUT2D eigenvalue weighted by Gasteiger charge is 2.07. The normalized spacial score (nSPS) is 10.2. The summed E-state index contributed by atoms with van der Waals surface area (Å²) in [6, 6.07) is 15.2. The molecule has 0 unspecified atom stereocenters. The first-order valence-electron chi connectivity index (χ1n) is 5.90. The molecule has 19 heavy (non-hydrogen) atoms. The fourth-order valence-electron chi connectivity index (χ4n) is 1.71. The number of carbonyl (C=O) groups excluding carboxylic acids is 1. The molecule has 2 aromatic rings. The van der Waals surface area contributed by atoms with Crippen molar-refractivity contribution in [2.75, 3.05) is 0 Å². The zero-order valence-corrected chi connectivity index (χ0v) is 12.5. The highest BCUT2D eigenvalue weighted by atomic mass is 79.9. The van der Waals surface area contributed by atoms with Gasteiger partial charge in [-0.15, -0.1) is 0 Å². The number of hydrogen-bond acceptors (Lipinski definition) is 1. The van der Waals surface area contributed by atoms with Crippen molar-refractivity contribution in [3.63, 3.8) is 0 Å². The summed E-state index contributed by atoms with van der Waals surface area (Å²) in [7, 11) is 0. The molecule has 2 aromatic carbocycles. The summed E-state index contributed by atoms with van der Waals surface area (Å²) in [6.45, 7) is 0.505. The predicted molar refractivity (Wildman–Crippen MR) is 81.1 cm³/mol. The van der Waals surface area contributed by atoms with Gasteiger partial charge < -0.3 is 5.32 Å². The van der Waals surface area contributed by atoms with Gasteiger partial charge in [-0.05, 0) is 23.3 Å².